The van der Waals surface area contributed by atoms with Crippen molar-refractivity contribution in [2.24, 2.45) is 0 Å². The first kappa shape index (κ1) is 13.5. The fourth-order valence-corrected chi connectivity index (χ4v) is 2.78. The zero-order valence-electron chi connectivity index (χ0n) is 9.33. The second-order valence-corrected chi connectivity index (χ2v) is 5.62. The summed E-state index contributed by atoms with van der Waals surface area (Å²) in [5.41, 5.74) is 1.11. The minimum absolute atomic E-state index is 0.207. The van der Waals surface area contributed by atoms with Crippen molar-refractivity contribution in [2.75, 3.05) is 25.0 Å². The maximum absolute atomic E-state index is 13.0. The van der Waals surface area contributed by atoms with Gasteiger partial charge in [-0.25, -0.2) is 4.39 Å². The van der Waals surface area contributed by atoms with Crippen LogP contribution in [0.5, 0.6) is 0 Å². The molecule has 1 aromatic rings. The molecule has 0 bridgehead atoms. The molecule has 2 rings (SSSR count). The lowest BCUT2D eigenvalue weighted by atomic mass is 10.2. The Kier molecular flexibility index (Phi) is 4.97. The highest BCUT2D eigenvalue weighted by Crippen LogP contribution is 2.21. The molecule has 0 amide bonds. The summed E-state index contributed by atoms with van der Waals surface area (Å²) in [7, 11) is 0. The quantitative estimate of drug-likeness (QED) is 0.762. The van der Waals surface area contributed by atoms with E-state index in [-0.39, 0.29) is 11.9 Å². The molecule has 1 aliphatic rings. The molecule has 17 heavy (non-hydrogen) atoms. The molecule has 1 unspecified atom stereocenters. The molecule has 0 radical (unpaired) electrons. The van der Waals surface area contributed by atoms with Crippen LogP contribution >= 0.6 is 31.9 Å². The van der Waals surface area contributed by atoms with E-state index in [0.717, 1.165) is 41.6 Å². The Bertz CT molecular complexity index is 389. The molecular formula is C12H14Br2FNO. The topological polar surface area (TPSA) is 12.5 Å². The molecule has 1 fully saturated rings. The van der Waals surface area contributed by atoms with Crippen LogP contribution in [0.2, 0.25) is 0 Å². The third-order valence-electron chi connectivity index (χ3n) is 2.80. The molecule has 5 heteroatoms. The molecule has 2 nitrogen and oxygen atoms in total. The molecule has 1 saturated heterocycles. The molecule has 1 heterocycles. The van der Waals surface area contributed by atoms with Gasteiger partial charge in [0.25, 0.3) is 0 Å². The first-order valence-corrected chi connectivity index (χ1v) is 7.44. The van der Waals surface area contributed by atoms with Crippen molar-refractivity contribution < 1.29 is 9.13 Å². The van der Waals surface area contributed by atoms with E-state index in [1.807, 2.05) is 6.07 Å². The van der Waals surface area contributed by atoms with Crippen molar-refractivity contribution in [3.8, 4) is 0 Å². The van der Waals surface area contributed by atoms with Crippen molar-refractivity contribution in [2.45, 2.75) is 12.6 Å². The second-order valence-electron chi connectivity index (χ2n) is 4.12. The van der Waals surface area contributed by atoms with E-state index in [9.17, 15) is 4.39 Å². The van der Waals surface area contributed by atoms with Crippen LogP contribution in [0.1, 0.15) is 5.56 Å². The van der Waals surface area contributed by atoms with Crippen LogP contribution in [0.4, 0.5) is 4.39 Å². The number of rotatable bonds is 3. The Morgan fingerprint density at radius 1 is 1.47 bits per heavy atom. The van der Waals surface area contributed by atoms with Gasteiger partial charge in [-0.05, 0) is 17.7 Å². The van der Waals surface area contributed by atoms with Crippen LogP contribution in [0.3, 0.4) is 0 Å². The van der Waals surface area contributed by atoms with Crippen LogP contribution in [0, 0.1) is 5.82 Å². The summed E-state index contributed by atoms with van der Waals surface area (Å²) >= 11 is 6.84. The largest absolute Gasteiger partial charge is 0.375 e. The van der Waals surface area contributed by atoms with Gasteiger partial charge in [0.05, 0.1) is 12.7 Å². The maximum Gasteiger partial charge on any atom is 0.124 e. The summed E-state index contributed by atoms with van der Waals surface area (Å²) < 4.78 is 19.4. The summed E-state index contributed by atoms with van der Waals surface area (Å²) in [6, 6.07) is 4.85. The first-order chi connectivity index (χ1) is 8.19. The van der Waals surface area contributed by atoms with E-state index in [1.165, 1.54) is 12.1 Å². The summed E-state index contributed by atoms with van der Waals surface area (Å²) in [5.74, 6) is -0.207. The SMILES string of the molecule is Fc1ccc(CN2CCOC(CBr)C2)c(Br)c1. The standard InChI is InChI=1S/C12H14Br2FNO/c13-6-11-8-16(3-4-17-11)7-9-1-2-10(15)5-12(9)14/h1-2,5,11H,3-4,6-8H2. The minimum Gasteiger partial charge on any atom is -0.375 e. The predicted octanol–water partition coefficient (Wildman–Crippen LogP) is 3.18. The number of morpholine rings is 1. The Balaban J connectivity index is 2.00. The highest BCUT2D eigenvalue weighted by atomic mass is 79.9. The van der Waals surface area contributed by atoms with Crippen LogP contribution in [0.15, 0.2) is 22.7 Å². The third kappa shape index (κ3) is 3.74. The summed E-state index contributed by atoms with van der Waals surface area (Å²) in [6.45, 7) is 3.42. The molecule has 0 aromatic heterocycles. The van der Waals surface area contributed by atoms with Crippen LogP contribution in [-0.2, 0) is 11.3 Å². The van der Waals surface area contributed by atoms with E-state index in [4.69, 9.17) is 4.74 Å². The molecule has 0 aliphatic carbocycles. The average molecular weight is 367 g/mol. The molecule has 0 N–H and O–H groups in total. The monoisotopic (exact) mass is 365 g/mol. The number of halogens is 3. The van der Waals surface area contributed by atoms with Gasteiger partial charge >= 0.3 is 0 Å². The van der Waals surface area contributed by atoms with Crippen molar-refractivity contribution in [1.82, 2.24) is 4.90 Å². The number of ether oxygens (including phenoxy) is 1. The van der Waals surface area contributed by atoms with Gasteiger partial charge in [0, 0.05) is 29.4 Å². The first-order valence-electron chi connectivity index (χ1n) is 5.53. The highest BCUT2D eigenvalue weighted by molar-refractivity contribution is 9.10. The van der Waals surface area contributed by atoms with Gasteiger partial charge in [0.15, 0.2) is 0 Å². The number of hydrogen-bond acceptors (Lipinski definition) is 2. The highest BCUT2D eigenvalue weighted by Gasteiger charge is 2.19. The van der Waals surface area contributed by atoms with Gasteiger partial charge in [-0.1, -0.05) is 37.9 Å². The van der Waals surface area contributed by atoms with Gasteiger partial charge in [0.2, 0.25) is 0 Å². The number of alkyl halides is 1. The van der Waals surface area contributed by atoms with E-state index < -0.39 is 0 Å². The number of hydrogen-bond donors (Lipinski definition) is 0. The van der Waals surface area contributed by atoms with Crippen LogP contribution in [0.25, 0.3) is 0 Å². The number of benzene rings is 1. The molecule has 94 valence electrons. The van der Waals surface area contributed by atoms with Crippen LogP contribution in [-0.4, -0.2) is 36.0 Å². The average Bonchev–Trinajstić information content (AvgIpc) is 2.33. The zero-order chi connectivity index (χ0) is 12.3. The fraction of sp³-hybridized carbons (Fsp3) is 0.500. The van der Waals surface area contributed by atoms with Crippen molar-refractivity contribution in [1.29, 1.82) is 0 Å². The van der Waals surface area contributed by atoms with Gasteiger partial charge in [-0.3, -0.25) is 4.90 Å². The van der Waals surface area contributed by atoms with Gasteiger partial charge in [-0.2, -0.15) is 0 Å². The molecule has 1 atom stereocenters. The summed E-state index contributed by atoms with van der Waals surface area (Å²) in [6.07, 6.45) is 0.253. The predicted molar refractivity (Wildman–Crippen MR) is 72.9 cm³/mol. The van der Waals surface area contributed by atoms with E-state index >= 15 is 0 Å². The molecular weight excluding hydrogens is 353 g/mol. The lowest BCUT2D eigenvalue weighted by Crippen LogP contribution is -2.42. The van der Waals surface area contributed by atoms with E-state index in [1.54, 1.807) is 0 Å². The smallest absolute Gasteiger partial charge is 0.124 e. The van der Waals surface area contributed by atoms with Crippen molar-refractivity contribution in [3.05, 3.63) is 34.1 Å². The lowest BCUT2D eigenvalue weighted by Gasteiger charge is -2.32. The van der Waals surface area contributed by atoms with Crippen molar-refractivity contribution >= 4 is 31.9 Å². The molecule has 0 saturated carbocycles. The third-order valence-corrected chi connectivity index (χ3v) is 4.26. The number of nitrogens with zero attached hydrogens (tertiary/aromatic N) is 1. The Labute approximate surface area is 117 Å². The molecule has 0 spiro atoms. The Morgan fingerprint density at radius 3 is 3.00 bits per heavy atom. The van der Waals surface area contributed by atoms with Gasteiger partial charge in [0.1, 0.15) is 5.82 Å². The zero-order valence-corrected chi connectivity index (χ0v) is 12.5. The second kappa shape index (κ2) is 6.27. The van der Waals surface area contributed by atoms with Gasteiger partial charge < -0.3 is 4.74 Å². The molecule has 1 aliphatic heterocycles. The normalized spacial score (nSPS) is 21.7. The maximum atomic E-state index is 13.0. The summed E-state index contributed by atoms with van der Waals surface area (Å²) in [4.78, 5) is 2.33. The fourth-order valence-electron chi connectivity index (χ4n) is 1.91. The van der Waals surface area contributed by atoms with E-state index in [2.05, 4.69) is 36.8 Å². The summed E-state index contributed by atoms with van der Waals surface area (Å²) in [5, 5.41) is 0.855. The van der Waals surface area contributed by atoms with Gasteiger partial charge in [-0.15, -0.1) is 0 Å². The van der Waals surface area contributed by atoms with Crippen LogP contribution < -0.4 is 0 Å². The Hall–Kier alpha value is 0.0300. The minimum atomic E-state index is -0.207. The van der Waals surface area contributed by atoms with E-state index in [0.29, 0.717) is 0 Å². The molecule has 1 aromatic carbocycles. The van der Waals surface area contributed by atoms with Crippen molar-refractivity contribution in [3.63, 3.8) is 0 Å². The lowest BCUT2D eigenvalue weighted by molar-refractivity contribution is -0.0182. The Morgan fingerprint density at radius 2 is 2.29 bits per heavy atom.